The van der Waals surface area contributed by atoms with E-state index in [-0.39, 0.29) is 6.61 Å². The van der Waals surface area contributed by atoms with Crippen LogP contribution in [0.5, 0.6) is 5.75 Å². The highest BCUT2D eigenvalue weighted by Gasteiger charge is 2.37. The minimum atomic E-state index is -1.73. The first-order chi connectivity index (χ1) is 17.9. The molecule has 198 valence electrons. The van der Waals surface area contributed by atoms with E-state index in [1.54, 1.807) is 12.1 Å². The second-order valence-electron chi connectivity index (χ2n) is 9.47. The summed E-state index contributed by atoms with van der Waals surface area (Å²) in [5.74, 6) is -0.503. The molecule has 1 heterocycles. The van der Waals surface area contributed by atoms with Gasteiger partial charge in [-0.05, 0) is 30.4 Å². The van der Waals surface area contributed by atoms with Crippen LogP contribution in [0.3, 0.4) is 0 Å². The molecule has 9 nitrogen and oxygen atoms in total. The molecule has 0 aromatic heterocycles. The second kappa shape index (κ2) is 12.3. The van der Waals surface area contributed by atoms with Crippen LogP contribution < -0.4 is 15.4 Å². The van der Waals surface area contributed by atoms with Gasteiger partial charge in [-0.25, -0.2) is 0 Å². The Kier molecular flexibility index (Phi) is 8.94. The number of nitrogens with one attached hydrogen (secondary N) is 2. The molecule has 0 radical (unpaired) electrons. The van der Waals surface area contributed by atoms with Gasteiger partial charge in [-0.2, -0.15) is 0 Å². The molecule has 1 saturated carbocycles. The first-order valence-electron chi connectivity index (χ1n) is 12.6. The smallest absolute Gasteiger partial charge is 0.252 e. The molecular weight excluding hydrogens is 476 g/mol. The highest BCUT2D eigenvalue weighted by molar-refractivity contribution is 6.00. The van der Waals surface area contributed by atoms with Crippen molar-refractivity contribution in [3.63, 3.8) is 0 Å². The Morgan fingerprint density at radius 2 is 1.81 bits per heavy atom. The first kappa shape index (κ1) is 26.8. The largest absolute Gasteiger partial charge is 0.488 e. The Bertz CT molecular complexity index is 1100. The monoisotopic (exact) mass is 510 g/mol. The molecule has 0 saturated heterocycles. The lowest BCUT2D eigenvalue weighted by molar-refractivity contribution is -0.150. The molecule has 1 aliphatic carbocycles. The number of aliphatic hydroxyl groups is 3. The molecule has 5 N–H and O–H groups in total. The summed E-state index contributed by atoms with van der Waals surface area (Å²) in [6.07, 6.45) is 1.28. The zero-order valence-electron chi connectivity index (χ0n) is 20.7. The normalized spacial score (nSPS) is 21.3. The minimum Gasteiger partial charge on any atom is -0.488 e. The number of anilines is 1. The van der Waals surface area contributed by atoms with E-state index in [9.17, 15) is 24.9 Å². The number of rotatable bonds is 9. The van der Waals surface area contributed by atoms with Gasteiger partial charge >= 0.3 is 0 Å². The average Bonchev–Trinajstić information content (AvgIpc) is 3.38. The Labute approximate surface area is 216 Å². The van der Waals surface area contributed by atoms with Gasteiger partial charge in [-0.3, -0.25) is 9.59 Å². The Hall–Kier alpha value is -3.24. The summed E-state index contributed by atoms with van der Waals surface area (Å²) < 4.78 is 11.1. The fourth-order valence-electron chi connectivity index (χ4n) is 4.78. The van der Waals surface area contributed by atoms with E-state index in [1.807, 2.05) is 42.5 Å². The number of para-hydroxylation sites is 1. The van der Waals surface area contributed by atoms with Gasteiger partial charge in [0, 0.05) is 12.7 Å². The number of allylic oxidation sites excluding steroid dienone is 1. The maximum absolute atomic E-state index is 13.0. The topological polar surface area (TPSA) is 137 Å². The van der Waals surface area contributed by atoms with Gasteiger partial charge in [-0.1, -0.05) is 67.5 Å². The van der Waals surface area contributed by atoms with E-state index in [2.05, 4.69) is 10.6 Å². The van der Waals surface area contributed by atoms with Crippen molar-refractivity contribution < 1.29 is 34.4 Å². The van der Waals surface area contributed by atoms with Gasteiger partial charge in [0.2, 0.25) is 0 Å². The highest BCUT2D eigenvalue weighted by Crippen LogP contribution is 2.37. The summed E-state index contributed by atoms with van der Waals surface area (Å²) in [6.45, 7) is -0.156. The summed E-state index contributed by atoms with van der Waals surface area (Å²) >= 11 is 0. The molecule has 2 amide bonds. The Morgan fingerprint density at radius 3 is 2.51 bits per heavy atom. The summed E-state index contributed by atoms with van der Waals surface area (Å²) in [5.41, 5.74) is 2.17. The maximum atomic E-state index is 13.0. The second-order valence-corrected chi connectivity index (χ2v) is 9.47. The van der Waals surface area contributed by atoms with E-state index >= 15 is 0 Å². The van der Waals surface area contributed by atoms with Gasteiger partial charge in [0.05, 0.1) is 5.69 Å². The molecule has 2 aromatic rings. The molecule has 0 bridgehead atoms. The molecule has 2 aliphatic rings. The first-order valence-corrected chi connectivity index (χ1v) is 12.6. The molecule has 0 spiro atoms. The predicted octanol–water partition coefficient (Wildman–Crippen LogP) is 2.01. The van der Waals surface area contributed by atoms with Crippen LogP contribution in [-0.4, -0.2) is 71.3 Å². The summed E-state index contributed by atoms with van der Waals surface area (Å²) in [7, 11) is 1.20. The number of hydrogen-bond acceptors (Lipinski definition) is 7. The van der Waals surface area contributed by atoms with E-state index in [1.165, 1.54) is 13.2 Å². The van der Waals surface area contributed by atoms with Crippen molar-refractivity contribution in [1.29, 1.82) is 0 Å². The zero-order valence-corrected chi connectivity index (χ0v) is 20.7. The Balaban J connectivity index is 1.41. The number of carbonyl (C=O) groups excluding carboxylic acids is 2. The van der Waals surface area contributed by atoms with E-state index in [0.29, 0.717) is 17.4 Å². The maximum Gasteiger partial charge on any atom is 0.252 e. The van der Waals surface area contributed by atoms with Crippen molar-refractivity contribution in [3.05, 3.63) is 60.7 Å². The number of carbonyl (C=O) groups is 2. The van der Waals surface area contributed by atoms with Crippen molar-refractivity contribution in [2.75, 3.05) is 19.0 Å². The third kappa shape index (κ3) is 6.37. The molecular formula is C28H34N2O7. The van der Waals surface area contributed by atoms with Gasteiger partial charge < -0.3 is 35.4 Å². The van der Waals surface area contributed by atoms with E-state index in [0.717, 1.165) is 36.8 Å². The van der Waals surface area contributed by atoms with Crippen molar-refractivity contribution in [2.45, 2.75) is 56.1 Å². The fraction of sp³-hybridized carbons (Fsp3) is 0.429. The number of methoxy groups -OCH3 is 1. The average molecular weight is 511 g/mol. The Morgan fingerprint density at radius 1 is 1.08 bits per heavy atom. The molecule has 4 rings (SSSR count). The van der Waals surface area contributed by atoms with Crippen LogP contribution in [0.2, 0.25) is 0 Å². The number of benzene rings is 2. The molecule has 2 aromatic carbocycles. The minimum absolute atomic E-state index is 0.156. The van der Waals surface area contributed by atoms with Crippen molar-refractivity contribution >= 4 is 17.5 Å². The summed E-state index contributed by atoms with van der Waals surface area (Å²) in [6, 6.07) is 13.9. The van der Waals surface area contributed by atoms with E-state index < -0.39 is 42.3 Å². The van der Waals surface area contributed by atoms with Crippen LogP contribution in [-0.2, 0) is 14.3 Å². The number of ether oxygens (including phenoxy) is 2. The molecule has 1 aliphatic heterocycles. The number of hydrogen-bond donors (Lipinski definition) is 5. The molecule has 9 heteroatoms. The molecule has 1 fully saturated rings. The predicted molar refractivity (Wildman–Crippen MR) is 138 cm³/mol. The molecule has 37 heavy (non-hydrogen) atoms. The van der Waals surface area contributed by atoms with Gasteiger partial charge in [0.15, 0.2) is 11.9 Å². The van der Waals surface area contributed by atoms with Gasteiger partial charge in [-0.15, -0.1) is 0 Å². The zero-order chi connectivity index (χ0) is 26.4. The number of fused-ring (bicyclic) bond motifs is 1. The summed E-state index contributed by atoms with van der Waals surface area (Å²) in [5, 5.41) is 36.7. The van der Waals surface area contributed by atoms with Gasteiger partial charge in [0.1, 0.15) is 31.0 Å². The molecule has 1 unspecified atom stereocenters. The fourth-order valence-corrected chi connectivity index (χ4v) is 4.78. The summed E-state index contributed by atoms with van der Waals surface area (Å²) in [4.78, 5) is 25.8. The van der Waals surface area contributed by atoms with E-state index in [4.69, 9.17) is 9.47 Å². The SMILES string of the molecule is CO[C@@H](C(=O)NC1COc2c(cccc2-c2ccccc2)NC1=O)[C@H](O)[C@@H](O)[C@H](O)C=CC1CCCC1. The standard InChI is InChI=1S/C28H34N2O7/c1-36-26(24(33)23(32)22(31)15-14-17-8-5-6-9-17)28(35)30-21-16-37-25-19(18-10-3-2-4-11-18)12-7-13-20(25)29-27(21)34/h2-4,7,10-15,17,21-24,26,31-33H,5-6,8-9,16H2,1H3,(H,29,34)(H,30,35)/t21?,22-,23+,24-,26-/m1/s1. The van der Waals surface area contributed by atoms with Crippen LogP contribution in [0.1, 0.15) is 25.7 Å². The third-order valence-corrected chi connectivity index (χ3v) is 6.89. The highest BCUT2D eigenvalue weighted by atomic mass is 16.5. The lowest BCUT2D eigenvalue weighted by Crippen LogP contribution is -2.56. The van der Waals surface area contributed by atoms with Crippen LogP contribution >= 0.6 is 0 Å². The van der Waals surface area contributed by atoms with Crippen molar-refractivity contribution in [2.24, 2.45) is 5.92 Å². The third-order valence-electron chi connectivity index (χ3n) is 6.89. The number of aliphatic hydroxyl groups excluding tert-OH is 3. The van der Waals surface area contributed by atoms with Gasteiger partial charge in [0.25, 0.3) is 11.8 Å². The van der Waals surface area contributed by atoms with Crippen molar-refractivity contribution in [1.82, 2.24) is 5.32 Å². The lowest BCUT2D eigenvalue weighted by Gasteiger charge is -2.28. The lowest BCUT2D eigenvalue weighted by atomic mass is 9.99. The van der Waals surface area contributed by atoms with Crippen LogP contribution in [0.15, 0.2) is 60.7 Å². The van der Waals surface area contributed by atoms with Crippen LogP contribution in [0.4, 0.5) is 5.69 Å². The number of amides is 2. The van der Waals surface area contributed by atoms with Crippen LogP contribution in [0, 0.1) is 5.92 Å². The van der Waals surface area contributed by atoms with Crippen molar-refractivity contribution in [3.8, 4) is 16.9 Å². The van der Waals surface area contributed by atoms with Crippen LogP contribution in [0.25, 0.3) is 11.1 Å². The quantitative estimate of drug-likeness (QED) is 0.326. The molecule has 5 atom stereocenters.